The van der Waals surface area contributed by atoms with E-state index in [1.807, 2.05) is 0 Å². The van der Waals surface area contributed by atoms with Gasteiger partial charge in [0.2, 0.25) is 5.72 Å². The van der Waals surface area contributed by atoms with E-state index in [9.17, 15) is 4.79 Å². The van der Waals surface area contributed by atoms with E-state index in [4.69, 9.17) is 14.2 Å². The van der Waals surface area contributed by atoms with Gasteiger partial charge in [0, 0.05) is 66.0 Å². The molecule has 0 amide bonds. The summed E-state index contributed by atoms with van der Waals surface area (Å²) in [5, 5.41) is 1.42. The van der Waals surface area contributed by atoms with E-state index >= 15 is 0 Å². The summed E-state index contributed by atoms with van der Waals surface area (Å²) in [7, 11) is 8.66. The van der Waals surface area contributed by atoms with Crippen LogP contribution in [0, 0.1) is 23.7 Å². The van der Waals surface area contributed by atoms with E-state index in [0.29, 0.717) is 30.5 Å². The van der Waals surface area contributed by atoms with E-state index in [-0.39, 0.29) is 29.3 Å². The second-order valence-corrected chi connectivity index (χ2v) is 17.7. The first-order chi connectivity index (χ1) is 24.1. The van der Waals surface area contributed by atoms with Gasteiger partial charge in [0.05, 0.1) is 38.8 Å². The fraction of sp³-hybridized carbons (Fsp3) is 0.595. The van der Waals surface area contributed by atoms with Gasteiger partial charge >= 0.3 is 5.97 Å². The van der Waals surface area contributed by atoms with Crippen LogP contribution < -0.4 is 4.90 Å². The molecule has 6 saturated heterocycles. The van der Waals surface area contributed by atoms with Crippen molar-refractivity contribution in [2.24, 2.45) is 30.7 Å². The third-order valence-corrected chi connectivity index (χ3v) is 16.2. The average molecular weight is 676 g/mol. The van der Waals surface area contributed by atoms with E-state index in [2.05, 4.69) is 104 Å². The maximum absolute atomic E-state index is 14.1. The van der Waals surface area contributed by atoms with Crippen molar-refractivity contribution in [2.45, 2.75) is 87.0 Å². The van der Waals surface area contributed by atoms with Gasteiger partial charge in [-0.25, -0.2) is 4.79 Å². The molecule has 0 aliphatic carbocycles. The van der Waals surface area contributed by atoms with Gasteiger partial charge in [-0.3, -0.25) is 4.90 Å². The Balaban J connectivity index is 1.08. The zero-order chi connectivity index (χ0) is 34.1. The Bertz CT molecular complexity index is 2020. The Morgan fingerprint density at radius 3 is 2.70 bits per heavy atom. The van der Waals surface area contributed by atoms with E-state index in [1.54, 1.807) is 12.7 Å². The lowest BCUT2D eigenvalue weighted by atomic mass is 9.51. The summed E-state index contributed by atoms with van der Waals surface area (Å²) in [5.74, 6) is 0.367. The van der Waals surface area contributed by atoms with Gasteiger partial charge < -0.3 is 28.2 Å². The van der Waals surface area contributed by atoms with Crippen molar-refractivity contribution in [1.29, 1.82) is 0 Å². The minimum Gasteiger partial charge on any atom is -0.467 e. The first-order valence-corrected chi connectivity index (χ1v) is 19.2. The number of aromatic nitrogens is 1. The van der Waals surface area contributed by atoms with Crippen LogP contribution in [0.25, 0.3) is 10.9 Å². The highest BCUT2D eigenvalue weighted by Crippen LogP contribution is 2.72. The number of allylic oxidation sites excluding steroid dienone is 1. The van der Waals surface area contributed by atoms with Crippen LogP contribution in [-0.4, -0.2) is 90.5 Å². The van der Waals surface area contributed by atoms with Crippen LogP contribution in [0.1, 0.15) is 62.4 Å². The van der Waals surface area contributed by atoms with Crippen molar-refractivity contribution in [3.05, 3.63) is 77.0 Å². The van der Waals surface area contributed by atoms with Crippen molar-refractivity contribution < 1.29 is 23.5 Å². The molecule has 8 aliphatic rings. The standard InChI is InChI=1S/C42H51N4O4/c1-7-24-22-46(5)17-16-41-21-31-27-18-35-37-28(25-12-8-10-14-32(25)44(37)4)19-34(43(35)3)29(27)23-49-40(31,2)50-42(41)36(46)20-26(24)38(39(47)48-6)45(42)33-15-11-9-13-30(33)41/h7-15,26-27,29,31,34-36,38H,16-23H2,1-6H3/q+1/b24-7-/t26-,27+,29+,31-,34-,35-,36-,38-,40-,41-,42-,46?/m0/s1. The van der Waals surface area contributed by atoms with E-state index in [0.717, 1.165) is 49.7 Å². The number of methoxy groups -OCH3 is 1. The summed E-state index contributed by atoms with van der Waals surface area (Å²) in [4.78, 5) is 19.3. The fourth-order valence-electron chi connectivity index (χ4n) is 14.1. The summed E-state index contributed by atoms with van der Waals surface area (Å²) in [6.45, 7) is 7.20. The Morgan fingerprint density at radius 1 is 1.08 bits per heavy atom. The largest absolute Gasteiger partial charge is 0.467 e. The summed E-state index contributed by atoms with van der Waals surface area (Å²) in [6.07, 6.45) is 7.45. The van der Waals surface area contributed by atoms with Gasteiger partial charge in [0.25, 0.3) is 0 Å². The molecule has 8 nitrogen and oxygen atoms in total. The fourth-order valence-corrected chi connectivity index (χ4v) is 14.1. The number of benzene rings is 2. The number of piperidine rings is 4. The molecule has 2 aromatic carbocycles. The monoisotopic (exact) mass is 675 g/mol. The molecule has 9 heterocycles. The molecule has 4 bridgehead atoms. The number of aryl methyl sites for hydroxylation is 1. The molecule has 50 heavy (non-hydrogen) atoms. The number of likely N-dealkylation sites (N-methyl/N-ethyl adjacent to an activating group) is 2. The van der Waals surface area contributed by atoms with Gasteiger partial charge in [-0.15, -0.1) is 0 Å². The van der Waals surface area contributed by atoms with Crippen LogP contribution in [0.2, 0.25) is 0 Å². The first-order valence-electron chi connectivity index (χ1n) is 19.2. The van der Waals surface area contributed by atoms with Crippen LogP contribution in [0.15, 0.2) is 60.2 Å². The van der Waals surface area contributed by atoms with Crippen molar-refractivity contribution in [3.63, 3.8) is 0 Å². The maximum Gasteiger partial charge on any atom is 0.329 e. The van der Waals surface area contributed by atoms with Crippen LogP contribution in [0.5, 0.6) is 0 Å². The number of anilines is 1. The number of hydrogen-bond donors (Lipinski definition) is 0. The summed E-state index contributed by atoms with van der Waals surface area (Å²) < 4.78 is 24.4. The number of ether oxygens (including phenoxy) is 3. The number of nitrogens with zero attached hydrogens (tertiary/aromatic N) is 4. The third-order valence-electron chi connectivity index (χ3n) is 16.2. The number of fused-ring (bicyclic) bond motifs is 13. The van der Waals surface area contributed by atoms with Crippen molar-refractivity contribution in [1.82, 2.24) is 9.47 Å². The number of para-hydroxylation sites is 2. The van der Waals surface area contributed by atoms with Crippen molar-refractivity contribution >= 4 is 22.6 Å². The van der Waals surface area contributed by atoms with Gasteiger partial charge in [-0.05, 0) is 74.9 Å². The summed E-state index contributed by atoms with van der Waals surface area (Å²) >= 11 is 0. The molecule has 1 unspecified atom stereocenters. The molecular formula is C42H51N4O4+. The molecule has 262 valence electrons. The highest BCUT2D eigenvalue weighted by atomic mass is 16.7. The molecule has 8 aliphatic heterocycles. The molecule has 12 atom stereocenters. The van der Waals surface area contributed by atoms with Gasteiger partial charge in [0.1, 0.15) is 18.6 Å². The second kappa shape index (κ2) is 9.62. The molecular weight excluding hydrogens is 624 g/mol. The minimum absolute atomic E-state index is 0.102. The van der Waals surface area contributed by atoms with Gasteiger partial charge in [-0.1, -0.05) is 42.5 Å². The molecule has 1 aromatic heterocycles. The van der Waals surface area contributed by atoms with Crippen LogP contribution in [-0.2, 0) is 37.9 Å². The molecule has 1 spiro atoms. The Hall–Kier alpha value is -3.17. The number of hydrogen-bond acceptors (Lipinski definition) is 6. The van der Waals surface area contributed by atoms with Gasteiger partial charge in [-0.2, -0.15) is 0 Å². The first kappa shape index (κ1) is 30.5. The highest BCUT2D eigenvalue weighted by molar-refractivity contribution is 5.87. The molecule has 3 aromatic rings. The minimum atomic E-state index is -0.756. The number of quaternary nitrogens is 1. The Morgan fingerprint density at radius 2 is 1.88 bits per heavy atom. The zero-order valence-electron chi connectivity index (χ0n) is 30.4. The number of rotatable bonds is 1. The normalized spacial score (nSPS) is 45.7. The predicted molar refractivity (Wildman–Crippen MR) is 191 cm³/mol. The summed E-state index contributed by atoms with van der Waals surface area (Å²) in [6, 6.07) is 18.6. The highest BCUT2D eigenvalue weighted by Gasteiger charge is 2.83. The van der Waals surface area contributed by atoms with Crippen LogP contribution in [0.3, 0.4) is 0 Å². The molecule has 8 heteroatoms. The number of carbonyl (C=O) groups excluding carboxylic acids is 1. The van der Waals surface area contributed by atoms with Crippen LogP contribution in [0.4, 0.5) is 5.69 Å². The molecule has 6 fully saturated rings. The van der Waals surface area contributed by atoms with Gasteiger partial charge in [0.15, 0.2) is 5.79 Å². The Kier molecular flexibility index (Phi) is 5.86. The molecule has 0 radical (unpaired) electrons. The predicted octanol–water partition coefficient (Wildman–Crippen LogP) is 5.69. The quantitative estimate of drug-likeness (QED) is 0.188. The lowest BCUT2D eigenvalue weighted by Gasteiger charge is -2.73. The van der Waals surface area contributed by atoms with Crippen molar-refractivity contribution in [3.8, 4) is 0 Å². The lowest BCUT2D eigenvalue weighted by Crippen LogP contribution is -2.88. The smallest absolute Gasteiger partial charge is 0.329 e. The Labute approximate surface area is 295 Å². The van der Waals surface area contributed by atoms with Crippen LogP contribution >= 0.6 is 0 Å². The molecule has 0 N–H and O–H groups in total. The lowest BCUT2D eigenvalue weighted by molar-refractivity contribution is -0.951. The third kappa shape index (κ3) is 3.25. The number of esters is 1. The second-order valence-electron chi connectivity index (χ2n) is 17.7. The van der Waals surface area contributed by atoms with E-state index in [1.165, 1.54) is 33.4 Å². The molecule has 0 saturated carbocycles. The van der Waals surface area contributed by atoms with Crippen molar-refractivity contribution in [2.75, 3.05) is 45.8 Å². The number of carbonyl (C=O) groups is 1. The maximum atomic E-state index is 14.1. The summed E-state index contributed by atoms with van der Waals surface area (Å²) in [5.41, 5.74) is 7.40. The molecule has 11 rings (SSSR count). The zero-order valence-corrected chi connectivity index (χ0v) is 30.4. The van der Waals surface area contributed by atoms with E-state index < -0.39 is 17.6 Å². The SMILES string of the molecule is C/C=C1/C[N+]2(C)CC[C@@]34C[C@H]5[C@@H]6C[C@H]7c8c(c9ccccc9n8C)C[C@@H]([C@@H]6CO[C@@]5(C)O[C@@]35[C@@H]2C[C@@H]1[C@@H](C(=O)OC)N5c1ccccc14)N7C. The topological polar surface area (TPSA) is 56.2 Å². The average Bonchev–Trinajstić information content (AvgIpc) is 3.53.